The average molecular weight is 268 g/mol. The minimum atomic E-state index is -3.47. The van der Waals surface area contributed by atoms with Crippen molar-refractivity contribution in [2.45, 2.75) is 18.3 Å². The zero-order valence-electron chi connectivity index (χ0n) is 9.79. The summed E-state index contributed by atoms with van der Waals surface area (Å²) in [4.78, 5) is 10.5. The van der Waals surface area contributed by atoms with E-state index in [0.717, 1.165) is 24.7 Å². The van der Waals surface area contributed by atoms with Gasteiger partial charge in [0.05, 0.1) is 11.2 Å². The quantitative estimate of drug-likeness (QED) is 0.600. The molecule has 0 atom stereocenters. The number of rotatable bonds is 2. The summed E-state index contributed by atoms with van der Waals surface area (Å²) in [6, 6.07) is 4.79. The number of para-hydroxylation sites is 1. The third-order valence-electron chi connectivity index (χ3n) is 3.73. The zero-order chi connectivity index (χ0) is 13.1. The lowest BCUT2D eigenvalue weighted by atomic mass is 9.98. The summed E-state index contributed by atoms with van der Waals surface area (Å²) < 4.78 is 24.8. The highest BCUT2D eigenvalue weighted by Gasteiger charge is 2.55. The molecule has 18 heavy (non-hydrogen) atoms. The Morgan fingerprint density at radius 1 is 1.39 bits per heavy atom. The van der Waals surface area contributed by atoms with Gasteiger partial charge in [-0.1, -0.05) is 12.1 Å². The molecule has 1 aliphatic heterocycles. The number of hydrogen-bond acceptors (Lipinski definition) is 4. The van der Waals surface area contributed by atoms with Gasteiger partial charge in [0, 0.05) is 18.0 Å². The molecule has 0 aromatic heterocycles. The molecule has 1 aromatic rings. The number of nitro benzene ring substituents is 1. The van der Waals surface area contributed by atoms with E-state index in [1.807, 2.05) is 0 Å². The number of fused-ring (bicyclic) bond motifs is 2. The molecule has 1 saturated carbocycles. The normalized spacial score (nSPS) is 19.9. The van der Waals surface area contributed by atoms with Crippen molar-refractivity contribution >= 4 is 21.4 Å². The Hall–Kier alpha value is -1.63. The Morgan fingerprint density at radius 3 is 2.56 bits per heavy atom. The minimum Gasteiger partial charge on any atom is -0.262 e. The number of anilines is 1. The monoisotopic (exact) mass is 268 g/mol. The van der Waals surface area contributed by atoms with Crippen molar-refractivity contribution in [1.82, 2.24) is 0 Å². The van der Waals surface area contributed by atoms with Crippen LogP contribution in [-0.4, -0.2) is 26.1 Å². The third kappa shape index (κ3) is 1.43. The highest BCUT2D eigenvalue weighted by Crippen LogP contribution is 2.58. The molecule has 0 amide bonds. The topological polar surface area (TPSA) is 80.5 Å². The van der Waals surface area contributed by atoms with Gasteiger partial charge in [0.15, 0.2) is 0 Å². The fourth-order valence-electron chi connectivity index (χ4n) is 2.67. The fraction of sp³-hybridized carbons (Fsp3) is 0.455. The largest absolute Gasteiger partial charge is 0.293 e. The van der Waals surface area contributed by atoms with Gasteiger partial charge in [-0.2, -0.15) is 0 Å². The van der Waals surface area contributed by atoms with Crippen LogP contribution in [0, 0.1) is 10.1 Å². The SMILES string of the molecule is CS(=O)(=O)N1CC2(CC2)c2cccc([N+](=O)[O-])c21. The summed E-state index contributed by atoms with van der Waals surface area (Å²) >= 11 is 0. The summed E-state index contributed by atoms with van der Waals surface area (Å²) in [5.74, 6) is 0. The first kappa shape index (κ1) is 11.5. The molecule has 1 heterocycles. The molecular formula is C11H12N2O4S. The van der Waals surface area contributed by atoms with Crippen LogP contribution < -0.4 is 4.31 Å². The van der Waals surface area contributed by atoms with Crippen LogP contribution in [0.5, 0.6) is 0 Å². The van der Waals surface area contributed by atoms with Crippen LogP contribution in [-0.2, 0) is 15.4 Å². The molecule has 96 valence electrons. The number of nitrogens with zero attached hydrogens (tertiary/aromatic N) is 2. The van der Waals surface area contributed by atoms with Crippen molar-refractivity contribution in [2.75, 3.05) is 17.1 Å². The van der Waals surface area contributed by atoms with E-state index < -0.39 is 14.9 Å². The van der Waals surface area contributed by atoms with Crippen LogP contribution in [0.15, 0.2) is 18.2 Å². The molecule has 1 spiro atoms. The van der Waals surface area contributed by atoms with Crippen LogP contribution in [0.2, 0.25) is 0 Å². The van der Waals surface area contributed by atoms with Gasteiger partial charge < -0.3 is 0 Å². The highest BCUT2D eigenvalue weighted by molar-refractivity contribution is 7.92. The number of hydrogen-bond donors (Lipinski definition) is 0. The lowest BCUT2D eigenvalue weighted by Gasteiger charge is -2.16. The Kier molecular flexibility index (Phi) is 2.05. The summed E-state index contributed by atoms with van der Waals surface area (Å²) in [6.45, 7) is 0.339. The van der Waals surface area contributed by atoms with E-state index >= 15 is 0 Å². The van der Waals surface area contributed by atoms with Crippen molar-refractivity contribution in [3.63, 3.8) is 0 Å². The van der Waals surface area contributed by atoms with Crippen molar-refractivity contribution in [3.8, 4) is 0 Å². The van der Waals surface area contributed by atoms with Crippen LogP contribution in [0.3, 0.4) is 0 Å². The lowest BCUT2D eigenvalue weighted by Crippen LogP contribution is -2.30. The molecule has 7 heteroatoms. The fourth-order valence-corrected chi connectivity index (χ4v) is 3.67. The van der Waals surface area contributed by atoms with Gasteiger partial charge in [0.2, 0.25) is 10.0 Å². The van der Waals surface area contributed by atoms with Crippen molar-refractivity contribution in [1.29, 1.82) is 0 Å². The Labute approximate surface area is 104 Å². The number of sulfonamides is 1. The maximum atomic E-state index is 11.8. The van der Waals surface area contributed by atoms with Gasteiger partial charge in [-0.25, -0.2) is 8.42 Å². The summed E-state index contributed by atoms with van der Waals surface area (Å²) in [7, 11) is -3.47. The molecule has 0 bridgehead atoms. The molecular weight excluding hydrogens is 256 g/mol. The van der Waals surface area contributed by atoms with E-state index in [1.165, 1.54) is 10.4 Å². The Morgan fingerprint density at radius 2 is 2.06 bits per heavy atom. The molecule has 1 aromatic carbocycles. The maximum absolute atomic E-state index is 11.8. The van der Waals surface area contributed by atoms with Crippen molar-refractivity contribution in [3.05, 3.63) is 33.9 Å². The van der Waals surface area contributed by atoms with Crippen molar-refractivity contribution < 1.29 is 13.3 Å². The molecule has 0 saturated heterocycles. The van der Waals surface area contributed by atoms with Gasteiger partial charge >= 0.3 is 0 Å². The van der Waals surface area contributed by atoms with E-state index in [9.17, 15) is 18.5 Å². The predicted octanol–water partition coefficient (Wildman–Crippen LogP) is 1.41. The van der Waals surface area contributed by atoms with Gasteiger partial charge in [0.25, 0.3) is 5.69 Å². The Bertz CT molecular complexity index is 649. The maximum Gasteiger partial charge on any atom is 0.293 e. The number of benzene rings is 1. The molecule has 6 nitrogen and oxygen atoms in total. The summed E-state index contributed by atoms with van der Waals surface area (Å²) in [5.41, 5.74) is 0.774. The van der Waals surface area contributed by atoms with Crippen molar-refractivity contribution in [2.24, 2.45) is 0 Å². The van der Waals surface area contributed by atoms with E-state index in [-0.39, 0.29) is 16.8 Å². The van der Waals surface area contributed by atoms with Crippen LogP contribution in [0.25, 0.3) is 0 Å². The van der Waals surface area contributed by atoms with E-state index in [2.05, 4.69) is 0 Å². The van der Waals surface area contributed by atoms with Gasteiger partial charge in [-0.15, -0.1) is 0 Å². The first-order valence-electron chi connectivity index (χ1n) is 5.61. The first-order valence-corrected chi connectivity index (χ1v) is 7.46. The minimum absolute atomic E-state index is 0.123. The van der Waals surface area contributed by atoms with Gasteiger partial charge in [0.1, 0.15) is 5.69 Å². The Balaban J connectivity index is 2.28. The molecule has 2 aliphatic rings. The molecule has 1 aliphatic carbocycles. The van der Waals surface area contributed by atoms with Gasteiger partial charge in [-0.3, -0.25) is 14.4 Å². The second-order valence-electron chi connectivity index (χ2n) is 4.98. The highest BCUT2D eigenvalue weighted by atomic mass is 32.2. The van der Waals surface area contributed by atoms with E-state index in [1.54, 1.807) is 12.1 Å². The van der Waals surface area contributed by atoms with Gasteiger partial charge in [-0.05, 0) is 18.4 Å². The van der Waals surface area contributed by atoms with Crippen LogP contribution in [0.1, 0.15) is 18.4 Å². The lowest BCUT2D eigenvalue weighted by molar-refractivity contribution is -0.384. The first-order chi connectivity index (χ1) is 8.35. The zero-order valence-corrected chi connectivity index (χ0v) is 10.6. The second kappa shape index (κ2) is 3.23. The summed E-state index contributed by atoms with van der Waals surface area (Å²) in [6.07, 6.45) is 2.88. The molecule has 0 N–H and O–H groups in total. The molecule has 3 rings (SSSR count). The number of nitro groups is 1. The van der Waals surface area contributed by atoms with Crippen LogP contribution >= 0.6 is 0 Å². The standard InChI is InChI=1S/C11H12N2O4S/c1-18(16,17)12-7-11(5-6-11)8-3-2-4-9(10(8)12)13(14)15/h2-4H,5-7H2,1H3. The smallest absolute Gasteiger partial charge is 0.262 e. The average Bonchev–Trinajstić information content (AvgIpc) is 2.95. The molecule has 0 radical (unpaired) electrons. The second-order valence-corrected chi connectivity index (χ2v) is 6.89. The predicted molar refractivity (Wildman–Crippen MR) is 66.2 cm³/mol. The molecule has 1 fully saturated rings. The van der Waals surface area contributed by atoms with E-state index in [4.69, 9.17) is 0 Å². The molecule has 0 unspecified atom stereocenters. The summed E-state index contributed by atoms with van der Waals surface area (Å²) in [5, 5.41) is 11.0. The third-order valence-corrected chi connectivity index (χ3v) is 4.84. The van der Waals surface area contributed by atoms with Crippen LogP contribution in [0.4, 0.5) is 11.4 Å². The van der Waals surface area contributed by atoms with E-state index in [0.29, 0.717) is 6.54 Å².